The third kappa shape index (κ3) is 5.71. The Morgan fingerprint density at radius 1 is 1.30 bits per heavy atom. The van der Waals surface area contributed by atoms with Crippen LogP contribution < -0.4 is 10.1 Å². The lowest BCUT2D eigenvalue weighted by atomic mass is 10.2. The van der Waals surface area contributed by atoms with Crippen LogP contribution in [0.1, 0.15) is 35.7 Å². The molecule has 23 heavy (non-hydrogen) atoms. The minimum Gasteiger partial charge on any atom is -0.473 e. The number of aliphatic hydroxyl groups is 1. The molecule has 1 amide bonds. The van der Waals surface area contributed by atoms with Crippen molar-refractivity contribution in [1.82, 2.24) is 10.3 Å². The van der Waals surface area contributed by atoms with Crippen molar-refractivity contribution in [2.75, 3.05) is 6.54 Å². The predicted molar refractivity (Wildman–Crippen MR) is 88.3 cm³/mol. The topological polar surface area (TPSA) is 71.5 Å². The van der Waals surface area contributed by atoms with Crippen LogP contribution in [0.5, 0.6) is 5.88 Å². The normalized spacial score (nSPS) is 11.7. The molecule has 1 unspecified atom stereocenters. The highest BCUT2D eigenvalue weighted by atomic mass is 16.5. The highest BCUT2D eigenvalue weighted by Gasteiger charge is 2.08. The fraction of sp³-hybridized carbons (Fsp3) is 0.333. The van der Waals surface area contributed by atoms with E-state index in [-0.39, 0.29) is 12.0 Å². The number of benzene rings is 1. The number of aliphatic hydroxyl groups excluding tert-OH is 1. The Hall–Kier alpha value is -2.40. The van der Waals surface area contributed by atoms with Crippen molar-refractivity contribution in [3.05, 3.63) is 59.8 Å². The Labute approximate surface area is 136 Å². The maximum atomic E-state index is 12.1. The second kappa shape index (κ2) is 8.90. The quantitative estimate of drug-likeness (QED) is 0.785. The number of nitrogens with one attached hydrogen (secondary N) is 1. The van der Waals surface area contributed by atoms with E-state index in [0.717, 1.165) is 5.56 Å². The molecule has 0 aliphatic rings. The zero-order valence-electron chi connectivity index (χ0n) is 13.2. The average Bonchev–Trinajstić information content (AvgIpc) is 2.60. The van der Waals surface area contributed by atoms with E-state index in [1.165, 1.54) is 0 Å². The van der Waals surface area contributed by atoms with Crippen molar-refractivity contribution in [3.8, 4) is 5.88 Å². The monoisotopic (exact) mass is 314 g/mol. The van der Waals surface area contributed by atoms with Crippen LogP contribution in [0.25, 0.3) is 0 Å². The molecule has 0 aliphatic carbocycles. The highest BCUT2D eigenvalue weighted by Crippen LogP contribution is 2.12. The number of amides is 1. The maximum Gasteiger partial charge on any atom is 0.251 e. The summed E-state index contributed by atoms with van der Waals surface area (Å²) in [5, 5.41) is 12.3. The molecule has 2 rings (SSSR count). The summed E-state index contributed by atoms with van der Waals surface area (Å²) in [6.07, 6.45) is 2.40. The molecule has 122 valence electrons. The number of rotatable bonds is 8. The summed E-state index contributed by atoms with van der Waals surface area (Å²) in [6, 6.07) is 13.0. The lowest BCUT2D eigenvalue weighted by Crippen LogP contribution is -2.27. The molecule has 0 saturated heterocycles. The van der Waals surface area contributed by atoms with Crippen molar-refractivity contribution in [2.45, 2.75) is 32.5 Å². The molecule has 5 heteroatoms. The molecule has 5 nitrogen and oxygen atoms in total. The van der Waals surface area contributed by atoms with Gasteiger partial charge >= 0.3 is 0 Å². The van der Waals surface area contributed by atoms with E-state index in [2.05, 4.69) is 10.3 Å². The lowest BCUT2D eigenvalue weighted by Gasteiger charge is -2.10. The molecule has 1 aromatic carbocycles. The van der Waals surface area contributed by atoms with Crippen LogP contribution in [0.2, 0.25) is 0 Å². The molecule has 1 heterocycles. The van der Waals surface area contributed by atoms with E-state index < -0.39 is 0 Å². The average molecular weight is 314 g/mol. The van der Waals surface area contributed by atoms with Gasteiger partial charge in [0.05, 0.1) is 6.10 Å². The number of carbonyl (C=O) groups excluding carboxylic acids is 1. The molecule has 0 saturated carbocycles. The van der Waals surface area contributed by atoms with Crippen molar-refractivity contribution >= 4 is 5.91 Å². The van der Waals surface area contributed by atoms with Gasteiger partial charge in [-0.1, -0.05) is 37.3 Å². The first-order valence-corrected chi connectivity index (χ1v) is 7.78. The number of ether oxygens (including phenoxy) is 1. The van der Waals surface area contributed by atoms with Crippen molar-refractivity contribution in [1.29, 1.82) is 0 Å². The van der Waals surface area contributed by atoms with E-state index in [1.807, 2.05) is 37.3 Å². The zero-order valence-corrected chi connectivity index (χ0v) is 13.2. The molecule has 0 bridgehead atoms. The molecular weight excluding hydrogens is 292 g/mol. The Morgan fingerprint density at radius 3 is 2.83 bits per heavy atom. The summed E-state index contributed by atoms with van der Waals surface area (Å²) in [4.78, 5) is 16.2. The summed E-state index contributed by atoms with van der Waals surface area (Å²) < 4.78 is 5.61. The van der Waals surface area contributed by atoms with Gasteiger partial charge < -0.3 is 15.2 Å². The van der Waals surface area contributed by atoms with E-state index in [9.17, 15) is 9.90 Å². The maximum absolute atomic E-state index is 12.1. The Morgan fingerprint density at radius 2 is 2.09 bits per heavy atom. The second-order valence-corrected chi connectivity index (χ2v) is 5.26. The number of nitrogens with zero attached hydrogens (tertiary/aromatic N) is 1. The van der Waals surface area contributed by atoms with Gasteiger partial charge in [-0.15, -0.1) is 0 Å². The Bertz CT molecular complexity index is 617. The Balaban J connectivity index is 1.87. The third-order valence-electron chi connectivity index (χ3n) is 3.46. The van der Waals surface area contributed by atoms with Crippen LogP contribution in [-0.4, -0.2) is 28.6 Å². The lowest BCUT2D eigenvalue weighted by molar-refractivity contribution is 0.0941. The molecule has 0 radical (unpaired) electrons. The van der Waals surface area contributed by atoms with E-state index in [0.29, 0.717) is 37.4 Å². The van der Waals surface area contributed by atoms with Gasteiger partial charge in [0.15, 0.2) is 0 Å². The molecule has 2 aromatic rings. The molecular formula is C18H22N2O3. The fourth-order valence-corrected chi connectivity index (χ4v) is 2.02. The smallest absolute Gasteiger partial charge is 0.251 e. The van der Waals surface area contributed by atoms with Gasteiger partial charge in [-0.2, -0.15) is 0 Å². The van der Waals surface area contributed by atoms with Crippen LogP contribution in [0.3, 0.4) is 0 Å². The van der Waals surface area contributed by atoms with E-state index in [1.54, 1.807) is 18.3 Å². The standard InChI is InChI=1S/C18H22N2O3/c1-2-16(21)9-11-20-18(22)15-8-10-19-17(12-15)23-13-14-6-4-3-5-7-14/h3-8,10,12,16,21H,2,9,11,13H2,1H3,(H,20,22). The van der Waals surface area contributed by atoms with E-state index in [4.69, 9.17) is 4.74 Å². The fourth-order valence-electron chi connectivity index (χ4n) is 2.02. The molecule has 0 spiro atoms. The summed E-state index contributed by atoms with van der Waals surface area (Å²) >= 11 is 0. The van der Waals surface area contributed by atoms with Crippen LogP contribution in [0, 0.1) is 0 Å². The van der Waals surface area contributed by atoms with Gasteiger partial charge in [0.2, 0.25) is 5.88 Å². The van der Waals surface area contributed by atoms with Crippen LogP contribution in [0.4, 0.5) is 0 Å². The number of hydrogen-bond acceptors (Lipinski definition) is 4. The number of pyridine rings is 1. The molecule has 1 atom stereocenters. The first-order chi connectivity index (χ1) is 11.2. The first kappa shape index (κ1) is 17.0. The highest BCUT2D eigenvalue weighted by molar-refractivity contribution is 5.94. The van der Waals surface area contributed by atoms with Gasteiger partial charge in [-0.05, 0) is 24.5 Å². The summed E-state index contributed by atoms with van der Waals surface area (Å²) in [5.74, 6) is 0.218. The van der Waals surface area contributed by atoms with Gasteiger partial charge in [-0.25, -0.2) is 4.98 Å². The third-order valence-corrected chi connectivity index (χ3v) is 3.46. The number of hydrogen-bond donors (Lipinski definition) is 2. The summed E-state index contributed by atoms with van der Waals surface area (Å²) in [7, 11) is 0. The first-order valence-electron chi connectivity index (χ1n) is 7.78. The van der Waals surface area contributed by atoms with Crippen LogP contribution in [-0.2, 0) is 6.61 Å². The van der Waals surface area contributed by atoms with Gasteiger partial charge in [0.25, 0.3) is 5.91 Å². The van der Waals surface area contributed by atoms with Crippen molar-refractivity contribution < 1.29 is 14.6 Å². The van der Waals surface area contributed by atoms with Crippen LogP contribution >= 0.6 is 0 Å². The largest absolute Gasteiger partial charge is 0.473 e. The van der Waals surface area contributed by atoms with Crippen molar-refractivity contribution in [2.24, 2.45) is 0 Å². The van der Waals surface area contributed by atoms with Gasteiger partial charge in [0, 0.05) is 24.4 Å². The van der Waals surface area contributed by atoms with Crippen LogP contribution in [0.15, 0.2) is 48.7 Å². The Kier molecular flexibility index (Phi) is 6.56. The molecule has 2 N–H and O–H groups in total. The molecule has 0 aliphatic heterocycles. The van der Waals surface area contributed by atoms with Crippen molar-refractivity contribution in [3.63, 3.8) is 0 Å². The number of aromatic nitrogens is 1. The minimum atomic E-state index is -0.377. The predicted octanol–water partition coefficient (Wildman–Crippen LogP) is 2.55. The van der Waals surface area contributed by atoms with Gasteiger partial charge in [-0.3, -0.25) is 4.79 Å². The zero-order chi connectivity index (χ0) is 16.5. The SMILES string of the molecule is CCC(O)CCNC(=O)c1ccnc(OCc2ccccc2)c1. The molecule has 0 fully saturated rings. The minimum absolute atomic E-state index is 0.194. The summed E-state index contributed by atoms with van der Waals surface area (Å²) in [5.41, 5.74) is 1.53. The number of carbonyl (C=O) groups is 1. The van der Waals surface area contributed by atoms with Gasteiger partial charge in [0.1, 0.15) is 6.61 Å². The second-order valence-electron chi connectivity index (χ2n) is 5.26. The van der Waals surface area contributed by atoms with E-state index >= 15 is 0 Å². The molecule has 1 aromatic heterocycles. The summed E-state index contributed by atoms with van der Waals surface area (Å²) in [6.45, 7) is 2.75.